The van der Waals surface area contributed by atoms with E-state index < -0.39 is 11.9 Å². The Morgan fingerprint density at radius 3 is 2.72 bits per heavy atom. The Bertz CT molecular complexity index is 1240. The van der Waals surface area contributed by atoms with Crippen molar-refractivity contribution in [3.8, 4) is 5.88 Å². The van der Waals surface area contributed by atoms with Crippen LogP contribution in [0.5, 0.6) is 5.88 Å². The summed E-state index contributed by atoms with van der Waals surface area (Å²) in [7, 11) is 1.64. The van der Waals surface area contributed by atoms with E-state index in [1.165, 1.54) is 9.47 Å². The highest BCUT2D eigenvalue weighted by atomic mass is 35.5. The first-order chi connectivity index (χ1) is 15.2. The van der Waals surface area contributed by atoms with Crippen molar-refractivity contribution in [3.63, 3.8) is 0 Å². The van der Waals surface area contributed by atoms with Gasteiger partial charge in [0.05, 0.1) is 10.0 Å². The number of piperidine rings is 1. The van der Waals surface area contributed by atoms with E-state index in [2.05, 4.69) is 10.6 Å². The van der Waals surface area contributed by atoms with Crippen molar-refractivity contribution in [1.82, 2.24) is 14.8 Å². The van der Waals surface area contributed by atoms with Crippen LogP contribution in [0.2, 0.25) is 10.0 Å². The Hall–Kier alpha value is -3.23. The summed E-state index contributed by atoms with van der Waals surface area (Å²) in [6.45, 7) is 0.253. The average molecular weight is 475 g/mol. The van der Waals surface area contributed by atoms with E-state index in [-0.39, 0.29) is 30.8 Å². The molecule has 0 spiro atoms. The number of benzene rings is 2. The van der Waals surface area contributed by atoms with Crippen LogP contribution in [-0.4, -0.2) is 39.5 Å². The number of halogens is 2. The van der Waals surface area contributed by atoms with Gasteiger partial charge < -0.3 is 19.9 Å². The standard InChI is InChI=1S/C22H20Cl2N4O4/c1-27(22(32)25-13-5-6-16(23)17(24)9-13)10-12-3-2-4-14-15(12)11-28(21(14)31)18-7-8-19(29)26-20(18)30/h2-6,9,11,18,31H,7-8,10H2,1H3,(H,25,32)(H,26,29,30). The third-order valence-electron chi connectivity index (χ3n) is 5.42. The van der Waals surface area contributed by atoms with E-state index in [4.69, 9.17) is 23.2 Å². The molecule has 0 radical (unpaired) electrons. The first-order valence-electron chi connectivity index (χ1n) is 9.87. The van der Waals surface area contributed by atoms with Gasteiger partial charge in [-0.15, -0.1) is 0 Å². The van der Waals surface area contributed by atoms with Crippen molar-refractivity contribution >= 4 is 57.5 Å². The van der Waals surface area contributed by atoms with Crippen LogP contribution in [0.3, 0.4) is 0 Å². The van der Waals surface area contributed by atoms with Gasteiger partial charge in [0.1, 0.15) is 6.04 Å². The minimum atomic E-state index is -0.677. The molecular formula is C22H20Cl2N4O4. The van der Waals surface area contributed by atoms with Crippen molar-refractivity contribution in [3.05, 3.63) is 58.2 Å². The first kappa shape index (κ1) is 22.0. The molecule has 4 amide bonds. The summed E-state index contributed by atoms with van der Waals surface area (Å²) in [5.74, 6) is -0.825. The van der Waals surface area contributed by atoms with Crippen LogP contribution < -0.4 is 10.6 Å². The number of hydrogen-bond acceptors (Lipinski definition) is 4. The van der Waals surface area contributed by atoms with Gasteiger partial charge in [0.25, 0.3) is 0 Å². The predicted octanol–water partition coefficient (Wildman–Crippen LogP) is 4.30. The molecule has 4 rings (SSSR count). The number of aromatic hydroxyl groups is 1. The molecule has 2 heterocycles. The molecule has 166 valence electrons. The fourth-order valence-electron chi connectivity index (χ4n) is 3.74. The number of anilines is 1. The van der Waals surface area contributed by atoms with E-state index in [0.717, 1.165) is 5.56 Å². The van der Waals surface area contributed by atoms with Gasteiger partial charge in [-0.3, -0.25) is 14.9 Å². The number of amides is 4. The van der Waals surface area contributed by atoms with Crippen molar-refractivity contribution in [2.24, 2.45) is 0 Å². The third kappa shape index (κ3) is 4.24. The minimum Gasteiger partial charge on any atom is -0.494 e. The first-order valence-corrected chi connectivity index (χ1v) is 10.6. The molecule has 2 aromatic carbocycles. The monoisotopic (exact) mass is 474 g/mol. The Kier molecular flexibility index (Phi) is 5.99. The summed E-state index contributed by atoms with van der Waals surface area (Å²) in [4.78, 5) is 37.8. The molecular weight excluding hydrogens is 455 g/mol. The molecule has 1 aliphatic rings. The lowest BCUT2D eigenvalue weighted by Gasteiger charge is -2.22. The maximum atomic E-state index is 12.6. The summed E-state index contributed by atoms with van der Waals surface area (Å²) in [5.41, 5.74) is 1.30. The Labute approximate surface area is 193 Å². The predicted molar refractivity (Wildman–Crippen MR) is 122 cm³/mol. The zero-order valence-electron chi connectivity index (χ0n) is 17.1. The highest BCUT2D eigenvalue weighted by molar-refractivity contribution is 6.42. The molecule has 8 nitrogen and oxygen atoms in total. The second-order valence-corrected chi connectivity index (χ2v) is 8.43. The lowest BCUT2D eigenvalue weighted by atomic mass is 10.1. The van der Waals surface area contributed by atoms with Crippen LogP contribution in [0, 0.1) is 0 Å². The number of rotatable bonds is 4. The molecule has 10 heteroatoms. The minimum absolute atomic E-state index is 0.0562. The number of imide groups is 1. The normalized spacial score (nSPS) is 16.2. The van der Waals surface area contributed by atoms with Crippen LogP contribution in [0.25, 0.3) is 10.8 Å². The highest BCUT2D eigenvalue weighted by Gasteiger charge is 2.30. The second kappa shape index (κ2) is 8.72. The van der Waals surface area contributed by atoms with Gasteiger partial charge in [-0.05, 0) is 36.2 Å². The van der Waals surface area contributed by atoms with Crippen molar-refractivity contribution < 1.29 is 19.5 Å². The number of carbonyl (C=O) groups is 3. The average Bonchev–Trinajstić information content (AvgIpc) is 3.08. The van der Waals surface area contributed by atoms with E-state index in [0.29, 0.717) is 32.9 Å². The summed E-state index contributed by atoms with van der Waals surface area (Å²) in [5, 5.41) is 17.8. The quantitative estimate of drug-likeness (QED) is 0.490. The zero-order chi connectivity index (χ0) is 23.0. The van der Waals surface area contributed by atoms with Gasteiger partial charge in [-0.1, -0.05) is 35.3 Å². The van der Waals surface area contributed by atoms with Crippen LogP contribution in [0.1, 0.15) is 24.4 Å². The van der Waals surface area contributed by atoms with Gasteiger partial charge >= 0.3 is 6.03 Å². The van der Waals surface area contributed by atoms with E-state index in [1.807, 2.05) is 6.07 Å². The molecule has 3 N–H and O–H groups in total. The highest BCUT2D eigenvalue weighted by Crippen LogP contribution is 2.35. The molecule has 0 aliphatic carbocycles. The number of urea groups is 1. The Balaban J connectivity index is 1.56. The summed E-state index contributed by atoms with van der Waals surface area (Å²) in [6, 6.07) is 9.15. The van der Waals surface area contributed by atoms with E-state index >= 15 is 0 Å². The second-order valence-electron chi connectivity index (χ2n) is 7.62. The van der Waals surface area contributed by atoms with E-state index in [1.54, 1.807) is 43.6 Å². The molecule has 1 aromatic heterocycles. The van der Waals surface area contributed by atoms with Crippen molar-refractivity contribution in [2.45, 2.75) is 25.4 Å². The maximum Gasteiger partial charge on any atom is 0.321 e. The largest absolute Gasteiger partial charge is 0.494 e. The third-order valence-corrected chi connectivity index (χ3v) is 6.16. The van der Waals surface area contributed by atoms with Crippen LogP contribution >= 0.6 is 23.2 Å². The van der Waals surface area contributed by atoms with Gasteiger partial charge in [0, 0.05) is 42.7 Å². The van der Waals surface area contributed by atoms with Crippen LogP contribution in [0.15, 0.2) is 42.6 Å². The molecule has 1 aliphatic heterocycles. The fourth-order valence-corrected chi connectivity index (χ4v) is 4.04. The van der Waals surface area contributed by atoms with Gasteiger partial charge in [-0.2, -0.15) is 0 Å². The number of hydrogen-bond donors (Lipinski definition) is 3. The number of fused-ring (bicyclic) bond motifs is 1. The topological polar surface area (TPSA) is 104 Å². The van der Waals surface area contributed by atoms with Crippen LogP contribution in [-0.2, 0) is 16.1 Å². The lowest BCUT2D eigenvalue weighted by molar-refractivity contribution is -0.135. The maximum absolute atomic E-state index is 12.6. The SMILES string of the molecule is CN(Cc1cccc2c(O)n(C3CCC(=O)NC3=O)cc12)C(=O)Nc1ccc(Cl)c(Cl)c1. The number of aromatic nitrogens is 1. The number of nitrogens with zero attached hydrogens (tertiary/aromatic N) is 2. The molecule has 1 unspecified atom stereocenters. The summed E-state index contributed by atoms with van der Waals surface area (Å²) >= 11 is 11.9. The van der Waals surface area contributed by atoms with E-state index in [9.17, 15) is 19.5 Å². The van der Waals surface area contributed by atoms with Gasteiger partial charge in [0.15, 0.2) is 5.88 Å². The Morgan fingerprint density at radius 1 is 1.22 bits per heavy atom. The molecule has 1 saturated heterocycles. The molecule has 0 bridgehead atoms. The van der Waals surface area contributed by atoms with Gasteiger partial charge in [-0.25, -0.2) is 4.79 Å². The van der Waals surface area contributed by atoms with Crippen molar-refractivity contribution in [1.29, 1.82) is 0 Å². The molecule has 3 aromatic rings. The molecule has 1 atom stereocenters. The zero-order valence-corrected chi connectivity index (χ0v) is 18.6. The molecule has 32 heavy (non-hydrogen) atoms. The Morgan fingerprint density at radius 2 is 2.00 bits per heavy atom. The lowest BCUT2D eigenvalue weighted by Crippen LogP contribution is -2.41. The number of carbonyl (C=O) groups excluding carboxylic acids is 3. The fraction of sp³-hybridized carbons (Fsp3) is 0.227. The molecule has 0 saturated carbocycles. The van der Waals surface area contributed by atoms with Gasteiger partial charge in [0.2, 0.25) is 11.8 Å². The summed E-state index contributed by atoms with van der Waals surface area (Å²) in [6.07, 6.45) is 2.19. The number of nitrogens with one attached hydrogen (secondary N) is 2. The van der Waals surface area contributed by atoms with Crippen molar-refractivity contribution in [2.75, 3.05) is 12.4 Å². The smallest absolute Gasteiger partial charge is 0.321 e. The van der Waals surface area contributed by atoms with Crippen LogP contribution in [0.4, 0.5) is 10.5 Å². The summed E-state index contributed by atoms with van der Waals surface area (Å²) < 4.78 is 1.48. The molecule has 1 fully saturated rings.